The van der Waals surface area contributed by atoms with Gasteiger partial charge < -0.3 is 20.3 Å². The van der Waals surface area contributed by atoms with Gasteiger partial charge in [0.2, 0.25) is 5.91 Å². The van der Waals surface area contributed by atoms with Gasteiger partial charge in [0.25, 0.3) is 0 Å². The van der Waals surface area contributed by atoms with Crippen LogP contribution in [0.15, 0.2) is 24.3 Å². The van der Waals surface area contributed by atoms with Crippen LogP contribution in [0.4, 0.5) is 0 Å². The Balaban J connectivity index is 2.65. The van der Waals surface area contributed by atoms with Gasteiger partial charge >= 0.3 is 11.9 Å². The third-order valence-electron chi connectivity index (χ3n) is 2.82. The molecule has 7 heteroatoms. The smallest absolute Gasteiger partial charge is 0.326 e. The molecule has 0 fully saturated rings. The molecule has 1 rings (SSSR count). The van der Waals surface area contributed by atoms with Crippen LogP contribution in [0, 0.1) is 0 Å². The van der Waals surface area contributed by atoms with E-state index in [0.29, 0.717) is 11.3 Å². The number of amides is 1. The summed E-state index contributed by atoms with van der Waals surface area (Å²) in [6.45, 7) is 0. The monoisotopic (exact) mass is 295 g/mol. The predicted octanol–water partition coefficient (Wildman–Crippen LogP) is 0.672. The quantitative estimate of drug-likeness (QED) is 0.649. The summed E-state index contributed by atoms with van der Waals surface area (Å²) in [6, 6.07) is 5.67. The highest BCUT2D eigenvalue weighted by atomic mass is 16.5. The number of rotatable bonds is 8. The number of benzene rings is 1. The first-order valence-electron chi connectivity index (χ1n) is 6.30. The van der Waals surface area contributed by atoms with Crippen molar-refractivity contribution in [2.45, 2.75) is 25.3 Å². The summed E-state index contributed by atoms with van der Waals surface area (Å²) in [5.74, 6) is -2.34. The van der Waals surface area contributed by atoms with E-state index in [1.54, 1.807) is 24.3 Å². The Morgan fingerprint density at radius 2 is 1.90 bits per heavy atom. The molecule has 21 heavy (non-hydrogen) atoms. The van der Waals surface area contributed by atoms with Crippen molar-refractivity contribution in [2.24, 2.45) is 0 Å². The number of nitrogens with one attached hydrogen (secondary N) is 1. The highest BCUT2D eigenvalue weighted by molar-refractivity contribution is 5.85. The van der Waals surface area contributed by atoms with E-state index >= 15 is 0 Å². The molecular formula is C14H17NO6. The molecular weight excluding hydrogens is 278 g/mol. The van der Waals surface area contributed by atoms with Gasteiger partial charge in [-0.25, -0.2) is 4.79 Å². The molecule has 0 saturated carbocycles. The number of aliphatic carboxylic acids is 2. The number of hydrogen-bond acceptors (Lipinski definition) is 4. The Kier molecular flexibility index (Phi) is 6.19. The molecule has 0 aliphatic carbocycles. The Bertz CT molecular complexity index is 528. The van der Waals surface area contributed by atoms with Gasteiger partial charge in [-0.3, -0.25) is 9.59 Å². The molecule has 0 aliphatic heterocycles. The number of carbonyl (C=O) groups is 3. The molecule has 1 atom stereocenters. The second-order valence-corrected chi connectivity index (χ2v) is 4.38. The largest absolute Gasteiger partial charge is 0.496 e. The van der Waals surface area contributed by atoms with Crippen molar-refractivity contribution >= 4 is 17.8 Å². The summed E-state index contributed by atoms with van der Waals surface area (Å²) in [5.41, 5.74) is 0.625. The van der Waals surface area contributed by atoms with E-state index in [-0.39, 0.29) is 19.3 Å². The van der Waals surface area contributed by atoms with E-state index < -0.39 is 23.9 Å². The van der Waals surface area contributed by atoms with Crippen LogP contribution in [0.1, 0.15) is 18.4 Å². The Morgan fingerprint density at radius 1 is 1.24 bits per heavy atom. The lowest BCUT2D eigenvalue weighted by Gasteiger charge is -2.14. The summed E-state index contributed by atoms with van der Waals surface area (Å²) in [5, 5.41) is 19.8. The topological polar surface area (TPSA) is 113 Å². The van der Waals surface area contributed by atoms with Crippen LogP contribution in [0.3, 0.4) is 0 Å². The van der Waals surface area contributed by atoms with Crippen LogP contribution in [-0.4, -0.2) is 41.2 Å². The molecule has 0 spiro atoms. The Labute approximate surface area is 121 Å². The average Bonchev–Trinajstić information content (AvgIpc) is 2.43. The average molecular weight is 295 g/mol. The van der Waals surface area contributed by atoms with E-state index in [1.807, 2.05) is 0 Å². The normalized spacial score (nSPS) is 11.5. The third kappa shape index (κ3) is 5.52. The molecule has 0 bridgehead atoms. The first-order chi connectivity index (χ1) is 9.93. The molecule has 0 radical (unpaired) electrons. The summed E-state index contributed by atoms with van der Waals surface area (Å²) in [6.07, 6.45) is -0.533. The van der Waals surface area contributed by atoms with E-state index in [1.165, 1.54) is 7.11 Å². The van der Waals surface area contributed by atoms with Crippen molar-refractivity contribution in [1.29, 1.82) is 0 Å². The van der Waals surface area contributed by atoms with E-state index in [4.69, 9.17) is 14.9 Å². The van der Waals surface area contributed by atoms with Gasteiger partial charge in [-0.2, -0.15) is 0 Å². The van der Waals surface area contributed by atoms with Crippen molar-refractivity contribution in [2.75, 3.05) is 7.11 Å². The number of methoxy groups -OCH3 is 1. The van der Waals surface area contributed by atoms with Crippen LogP contribution >= 0.6 is 0 Å². The number of carboxylic acid groups (broad SMARTS) is 2. The first kappa shape index (κ1) is 16.5. The lowest BCUT2D eigenvalue weighted by molar-refractivity contribution is -0.143. The molecule has 0 saturated heterocycles. The molecule has 1 aromatic rings. The van der Waals surface area contributed by atoms with Crippen molar-refractivity contribution in [3.05, 3.63) is 29.8 Å². The number of carboxylic acids is 2. The van der Waals surface area contributed by atoms with Crippen LogP contribution < -0.4 is 10.1 Å². The first-order valence-corrected chi connectivity index (χ1v) is 6.30. The van der Waals surface area contributed by atoms with Gasteiger partial charge in [-0.05, 0) is 12.5 Å². The zero-order valence-corrected chi connectivity index (χ0v) is 11.5. The van der Waals surface area contributed by atoms with Gasteiger partial charge in [0, 0.05) is 12.0 Å². The summed E-state index contributed by atoms with van der Waals surface area (Å²) >= 11 is 0. The summed E-state index contributed by atoms with van der Waals surface area (Å²) in [7, 11) is 1.48. The van der Waals surface area contributed by atoms with Gasteiger partial charge in [-0.1, -0.05) is 18.2 Å². The highest BCUT2D eigenvalue weighted by Gasteiger charge is 2.21. The minimum atomic E-state index is -1.26. The summed E-state index contributed by atoms with van der Waals surface area (Å²) in [4.78, 5) is 33.3. The van der Waals surface area contributed by atoms with E-state index in [2.05, 4.69) is 5.32 Å². The Morgan fingerprint density at radius 3 is 2.48 bits per heavy atom. The fourth-order valence-electron chi connectivity index (χ4n) is 1.79. The second-order valence-electron chi connectivity index (χ2n) is 4.38. The molecule has 1 amide bonds. The van der Waals surface area contributed by atoms with Crippen molar-refractivity contribution in [3.63, 3.8) is 0 Å². The number of para-hydroxylation sites is 1. The van der Waals surface area contributed by atoms with E-state index in [9.17, 15) is 14.4 Å². The number of ether oxygens (including phenoxy) is 1. The molecule has 0 unspecified atom stereocenters. The molecule has 1 aromatic carbocycles. The fraction of sp³-hybridized carbons (Fsp3) is 0.357. The van der Waals surface area contributed by atoms with Gasteiger partial charge in [0.1, 0.15) is 11.8 Å². The standard InChI is InChI=1S/C14H17NO6/c1-21-11-5-3-2-4-9(11)8-12(16)15-10(14(19)20)6-7-13(17)18/h2-5,10H,6-8H2,1H3,(H,15,16)(H,17,18)(H,19,20)/t10-/m0/s1. The molecule has 7 nitrogen and oxygen atoms in total. The molecule has 0 aliphatic rings. The maximum atomic E-state index is 11.9. The minimum absolute atomic E-state index is 0.0408. The molecule has 114 valence electrons. The molecule has 0 heterocycles. The van der Waals surface area contributed by atoms with Crippen LogP contribution in [-0.2, 0) is 20.8 Å². The minimum Gasteiger partial charge on any atom is -0.496 e. The Hall–Kier alpha value is -2.57. The van der Waals surface area contributed by atoms with Crippen molar-refractivity contribution < 1.29 is 29.3 Å². The van der Waals surface area contributed by atoms with Crippen LogP contribution in [0.25, 0.3) is 0 Å². The third-order valence-corrected chi connectivity index (χ3v) is 2.82. The highest BCUT2D eigenvalue weighted by Crippen LogP contribution is 2.17. The summed E-state index contributed by atoms with van der Waals surface area (Å²) < 4.78 is 5.10. The van der Waals surface area contributed by atoms with Crippen molar-refractivity contribution in [3.8, 4) is 5.75 Å². The van der Waals surface area contributed by atoms with Crippen LogP contribution in [0.2, 0.25) is 0 Å². The van der Waals surface area contributed by atoms with Gasteiger partial charge in [0.15, 0.2) is 0 Å². The maximum absolute atomic E-state index is 11.9. The van der Waals surface area contributed by atoms with Crippen LogP contribution in [0.5, 0.6) is 5.75 Å². The van der Waals surface area contributed by atoms with Crippen molar-refractivity contribution in [1.82, 2.24) is 5.32 Å². The molecule has 0 aromatic heterocycles. The number of carbonyl (C=O) groups excluding carboxylic acids is 1. The van der Waals surface area contributed by atoms with Gasteiger partial charge in [0.05, 0.1) is 13.5 Å². The molecule has 3 N–H and O–H groups in total. The predicted molar refractivity (Wildman–Crippen MR) is 73.1 cm³/mol. The lowest BCUT2D eigenvalue weighted by Crippen LogP contribution is -2.41. The zero-order valence-electron chi connectivity index (χ0n) is 11.5. The van der Waals surface area contributed by atoms with Gasteiger partial charge in [-0.15, -0.1) is 0 Å². The SMILES string of the molecule is COc1ccccc1CC(=O)N[C@@H](CCC(=O)O)C(=O)O. The fourth-order valence-corrected chi connectivity index (χ4v) is 1.79. The second kappa shape index (κ2) is 7.88. The van der Waals surface area contributed by atoms with E-state index in [0.717, 1.165) is 0 Å². The number of hydrogen-bond donors (Lipinski definition) is 3. The lowest BCUT2D eigenvalue weighted by atomic mass is 10.1. The zero-order chi connectivity index (χ0) is 15.8. The maximum Gasteiger partial charge on any atom is 0.326 e.